The molecule has 2 atom stereocenters. The lowest BCUT2D eigenvalue weighted by molar-refractivity contribution is -0.162. The summed E-state index contributed by atoms with van der Waals surface area (Å²) in [5.41, 5.74) is 2.12. The molecule has 0 amide bonds. The van der Waals surface area contributed by atoms with Gasteiger partial charge in [-0.05, 0) is 49.4 Å². The fourth-order valence-electron chi connectivity index (χ4n) is 4.47. The minimum Gasteiger partial charge on any atom is -0.494 e. The van der Waals surface area contributed by atoms with Crippen LogP contribution in [0.15, 0.2) is 48.5 Å². The number of cyclic esters (lactones) is 1. The Morgan fingerprint density at radius 1 is 0.824 bits per heavy atom. The Hall–Kier alpha value is -2.49. The van der Waals surface area contributed by atoms with E-state index >= 15 is 0 Å². The Balaban J connectivity index is 1.48. The molecule has 0 aliphatic carbocycles. The summed E-state index contributed by atoms with van der Waals surface area (Å²) < 4.78 is 17.7. The van der Waals surface area contributed by atoms with E-state index < -0.39 is 0 Å². The average molecular weight is 467 g/mol. The molecule has 1 fully saturated rings. The molecule has 0 spiro atoms. The molecule has 2 aromatic carbocycles. The van der Waals surface area contributed by atoms with Crippen LogP contribution in [0.1, 0.15) is 84.5 Å². The number of rotatable bonds is 15. The van der Waals surface area contributed by atoms with Crippen molar-refractivity contribution in [2.45, 2.75) is 90.6 Å². The second-order valence-electron chi connectivity index (χ2n) is 9.42. The number of ether oxygens (including phenoxy) is 3. The van der Waals surface area contributed by atoms with Crippen LogP contribution in [0.4, 0.5) is 0 Å². The Morgan fingerprint density at radius 2 is 1.56 bits per heavy atom. The highest BCUT2D eigenvalue weighted by Gasteiger charge is 2.30. The van der Waals surface area contributed by atoms with E-state index in [2.05, 4.69) is 32.0 Å². The molecule has 4 heteroatoms. The van der Waals surface area contributed by atoms with Crippen LogP contribution in [0.3, 0.4) is 0 Å². The van der Waals surface area contributed by atoms with Crippen LogP contribution < -0.4 is 9.47 Å². The van der Waals surface area contributed by atoms with Gasteiger partial charge >= 0.3 is 5.97 Å². The van der Waals surface area contributed by atoms with Crippen molar-refractivity contribution in [1.29, 1.82) is 0 Å². The molecule has 0 aromatic heterocycles. The van der Waals surface area contributed by atoms with Gasteiger partial charge in [-0.15, -0.1) is 0 Å². The molecular formula is C30H42O4. The van der Waals surface area contributed by atoms with Gasteiger partial charge in [0, 0.05) is 5.56 Å². The van der Waals surface area contributed by atoms with Crippen molar-refractivity contribution in [3.8, 4) is 22.6 Å². The molecule has 0 saturated carbocycles. The van der Waals surface area contributed by atoms with E-state index in [-0.39, 0.29) is 18.0 Å². The second-order valence-corrected chi connectivity index (χ2v) is 9.42. The predicted octanol–water partition coefficient (Wildman–Crippen LogP) is 7.98. The van der Waals surface area contributed by atoms with E-state index in [1.807, 2.05) is 30.3 Å². The lowest BCUT2D eigenvalue weighted by Gasteiger charge is -2.28. The highest BCUT2D eigenvalue weighted by Crippen LogP contribution is 2.32. The van der Waals surface area contributed by atoms with Gasteiger partial charge in [0.05, 0.1) is 12.5 Å². The number of carbonyl (C=O) groups is 1. The van der Waals surface area contributed by atoms with Gasteiger partial charge in [-0.25, -0.2) is 0 Å². The van der Waals surface area contributed by atoms with Crippen LogP contribution in [0.5, 0.6) is 11.5 Å². The van der Waals surface area contributed by atoms with E-state index in [0.29, 0.717) is 6.61 Å². The Labute approximate surface area is 206 Å². The lowest BCUT2D eigenvalue weighted by Crippen LogP contribution is -2.34. The van der Waals surface area contributed by atoms with E-state index in [0.717, 1.165) is 67.8 Å². The summed E-state index contributed by atoms with van der Waals surface area (Å²) in [6.45, 7) is 5.56. The summed E-state index contributed by atoms with van der Waals surface area (Å²) in [4.78, 5) is 12.3. The maximum Gasteiger partial charge on any atom is 0.309 e. The molecule has 1 heterocycles. The van der Waals surface area contributed by atoms with E-state index in [9.17, 15) is 4.79 Å². The van der Waals surface area contributed by atoms with Crippen molar-refractivity contribution in [2.75, 3.05) is 13.2 Å². The zero-order valence-electron chi connectivity index (χ0n) is 21.1. The Kier molecular flexibility index (Phi) is 11.3. The minimum absolute atomic E-state index is 0.0573. The van der Waals surface area contributed by atoms with Crippen LogP contribution in [-0.2, 0) is 9.53 Å². The molecule has 1 aliphatic rings. The van der Waals surface area contributed by atoms with Crippen LogP contribution in [0.25, 0.3) is 11.1 Å². The van der Waals surface area contributed by atoms with Crippen molar-refractivity contribution in [1.82, 2.24) is 0 Å². The van der Waals surface area contributed by atoms with E-state index in [4.69, 9.17) is 14.2 Å². The smallest absolute Gasteiger partial charge is 0.309 e. The molecule has 34 heavy (non-hydrogen) atoms. The van der Waals surface area contributed by atoms with Crippen molar-refractivity contribution in [2.24, 2.45) is 5.92 Å². The molecule has 186 valence electrons. The van der Waals surface area contributed by atoms with E-state index in [1.54, 1.807) is 0 Å². The zero-order chi connectivity index (χ0) is 24.0. The number of hydrogen-bond donors (Lipinski definition) is 0. The SMILES string of the molecule is CCCCCCCCOc1ccc(-c2ccccc2OC[C@@H]2CC[C@@H](CCCC)C(=O)O2)cc1. The molecule has 2 aromatic rings. The number of carbonyl (C=O) groups excluding carboxylic acids is 1. The first-order chi connectivity index (χ1) is 16.7. The number of unbranched alkanes of at least 4 members (excludes halogenated alkanes) is 6. The second kappa shape index (κ2) is 14.7. The highest BCUT2D eigenvalue weighted by atomic mass is 16.6. The number of hydrogen-bond acceptors (Lipinski definition) is 4. The van der Waals surface area contributed by atoms with Crippen molar-refractivity contribution in [3.63, 3.8) is 0 Å². The zero-order valence-corrected chi connectivity index (χ0v) is 21.1. The highest BCUT2D eigenvalue weighted by molar-refractivity contribution is 5.73. The molecule has 0 radical (unpaired) electrons. The summed E-state index contributed by atoms with van der Waals surface area (Å²) in [5.74, 6) is 1.72. The molecule has 0 bridgehead atoms. The third-order valence-electron chi connectivity index (χ3n) is 6.60. The van der Waals surface area contributed by atoms with Crippen molar-refractivity contribution in [3.05, 3.63) is 48.5 Å². The van der Waals surface area contributed by atoms with Crippen molar-refractivity contribution < 1.29 is 19.0 Å². The summed E-state index contributed by atoms with van der Waals surface area (Å²) in [6.07, 6.45) is 12.3. The maximum absolute atomic E-state index is 12.3. The van der Waals surface area contributed by atoms with Crippen LogP contribution >= 0.6 is 0 Å². The topological polar surface area (TPSA) is 44.8 Å². The van der Waals surface area contributed by atoms with Gasteiger partial charge in [-0.2, -0.15) is 0 Å². The van der Waals surface area contributed by atoms with Crippen molar-refractivity contribution >= 4 is 5.97 Å². The van der Waals surface area contributed by atoms with Gasteiger partial charge in [-0.1, -0.05) is 89.1 Å². The van der Waals surface area contributed by atoms with E-state index in [1.165, 1.54) is 32.1 Å². The molecule has 0 N–H and O–H groups in total. The van der Waals surface area contributed by atoms with Gasteiger partial charge in [0.15, 0.2) is 0 Å². The monoisotopic (exact) mass is 466 g/mol. The van der Waals surface area contributed by atoms with Crippen LogP contribution in [0.2, 0.25) is 0 Å². The summed E-state index contributed by atoms with van der Waals surface area (Å²) in [7, 11) is 0. The third-order valence-corrected chi connectivity index (χ3v) is 6.60. The molecule has 1 saturated heterocycles. The Bertz CT molecular complexity index is 845. The molecule has 1 aliphatic heterocycles. The number of para-hydroxylation sites is 1. The summed E-state index contributed by atoms with van der Waals surface area (Å²) in [6, 6.07) is 16.3. The third kappa shape index (κ3) is 8.38. The van der Waals surface area contributed by atoms with Crippen LogP contribution in [-0.4, -0.2) is 25.3 Å². The molecule has 4 nitrogen and oxygen atoms in total. The minimum atomic E-state index is -0.170. The molecular weight excluding hydrogens is 424 g/mol. The fraction of sp³-hybridized carbons (Fsp3) is 0.567. The maximum atomic E-state index is 12.3. The standard InChI is InChI=1S/C30H42O4/c1-3-5-7-8-9-12-22-32-26-19-16-24(17-20-26)28-14-10-11-15-29(28)33-23-27-21-18-25(13-6-4-2)30(31)34-27/h10-11,14-17,19-20,25,27H,3-9,12-13,18,21-23H2,1-2H3/t25-,27+/m1/s1. The fourth-order valence-corrected chi connectivity index (χ4v) is 4.47. The van der Waals surface area contributed by atoms with Gasteiger partial charge in [0.1, 0.15) is 24.2 Å². The van der Waals surface area contributed by atoms with Gasteiger partial charge < -0.3 is 14.2 Å². The predicted molar refractivity (Wildman–Crippen MR) is 138 cm³/mol. The Morgan fingerprint density at radius 3 is 2.32 bits per heavy atom. The quantitative estimate of drug-likeness (QED) is 0.197. The van der Waals surface area contributed by atoms with Gasteiger partial charge in [-0.3, -0.25) is 4.79 Å². The number of esters is 1. The average Bonchev–Trinajstić information content (AvgIpc) is 2.87. The number of benzene rings is 2. The van der Waals surface area contributed by atoms with Gasteiger partial charge in [0.25, 0.3) is 0 Å². The summed E-state index contributed by atoms with van der Waals surface area (Å²) in [5, 5.41) is 0. The summed E-state index contributed by atoms with van der Waals surface area (Å²) >= 11 is 0. The molecule has 0 unspecified atom stereocenters. The largest absolute Gasteiger partial charge is 0.494 e. The first-order valence-electron chi connectivity index (χ1n) is 13.4. The normalized spacial score (nSPS) is 17.9. The first kappa shape index (κ1) is 26.1. The molecule has 3 rings (SSSR count). The van der Waals surface area contributed by atoms with Crippen LogP contribution in [0, 0.1) is 5.92 Å². The van der Waals surface area contributed by atoms with Gasteiger partial charge in [0.2, 0.25) is 0 Å². The first-order valence-corrected chi connectivity index (χ1v) is 13.4. The lowest BCUT2D eigenvalue weighted by atomic mass is 9.93.